The molecule has 0 fully saturated rings. The lowest BCUT2D eigenvalue weighted by atomic mass is 10.2. The molecule has 4 nitrogen and oxygen atoms in total. The van der Waals surface area contributed by atoms with Crippen LogP contribution in [0.2, 0.25) is 0 Å². The van der Waals surface area contributed by atoms with Gasteiger partial charge in [0.25, 0.3) is 0 Å². The summed E-state index contributed by atoms with van der Waals surface area (Å²) >= 11 is 0. The number of hydrogen-bond acceptors (Lipinski definition) is 3. The van der Waals surface area contributed by atoms with E-state index in [2.05, 4.69) is 30.8 Å². The van der Waals surface area contributed by atoms with Crippen molar-refractivity contribution in [3.8, 4) is 5.75 Å². The summed E-state index contributed by atoms with van der Waals surface area (Å²) in [6.45, 7) is 6.64. The van der Waals surface area contributed by atoms with Crippen molar-refractivity contribution in [1.82, 2.24) is 0 Å². The molecule has 1 aromatic carbocycles. The molecular formula is C14H23NO3. The molecule has 0 saturated heterocycles. The van der Waals surface area contributed by atoms with E-state index < -0.39 is 6.09 Å². The van der Waals surface area contributed by atoms with E-state index in [4.69, 9.17) is 4.74 Å². The monoisotopic (exact) mass is 253 g/mol. The number of amides is 1. The lowest BCUT2D eigenvalue weighted by molar-refractivity contribution is 0.187. The van der Waals surface area contributed by atoms with E-state index in [9.17, 15) is 4.79 Å². The molecule has 0 aliphatic carbocycles. The van der Waals surface area contributed by atoms with Gasteiger partial charge in [-0.05, 0) is 30.2 Å². The number of ether oxygens (including phenoxy) is 2. The molecule has 0 aliphatic rings. The third-order valence-electron chi connectivity index (χ3n) is 2.34. The van der Waals surface area contributed by atoms with Crippen molar-refractivity contribution in [2.24, 2.45) is 5.92 Å². The number of hydrogen-bond donors (Lipinski definition) is 1. The molecule has 0 aliphatic heterocycles. The second-order valence-corrected chi connectivity index (χ2v) is 4.15. The number of carbonyl (C=O) groups is 1. The van der Waals surface area contributed by atoms with Gasteiger partial charge in [-0.2, -0.15) is 0 Å². The van der Waals surface area contributed by atoms with Gasteiger partial charge in [-0.15, -0.1) is 0 Å². The van der Waals surface area contributed by atoms with E-state index in [0.29, 0.717) is 5.69 Å². The van der Waals surface area contributed by atoms with Gasteiger partial charge in [0.1, 0.15) is 5.75 Å². The van der Waals surface area contributed by atoms with Crippen LogP contribution in [0.3, 0.4) is 0 Å². The van der Waals surface area contributed by atoms with Crippen molar-refractivity contribution < 1.29 is 14.3 Å². The van der Waals surface area contributed by atoms with Crippen LogP contribution in [0, 0.1) is 5.92 Å². The van der Waals surface area contributed by atoms with E-state index in [1.54, 1.807) is 31.4 Å². The Bertz CT molecular complexity index is 333. The SMILES string of the molecule is CCC(C)C.COC(=O)Nc1ccc(OC)cc1. The highest BCUT2D eigenvalue weighted by Gasteiger charge is 1.99. The minimum atomic E-state index is -0.481. The molecule has 0 atom stereocenters. The topological polar surface area (TPSA) is 47.6 Å². The van der Waals surface area contributed by atoms with Crippen LogP contribution in [0.15, 0.2) is 24.3 Å². The molecule has 18 heavy (non-hydrogen) atoms. The quantitative estimate of drug-likeness (QED) is 0.888. The number of carbonyl (C=O) groups excluding carboxylic acids is 1. The van der Waals surface area contributed by atoms with E-state index in [-0.39, 0.29) is 0 Å². The van der Waals surface area contributed by atoms with Crippen LogP contribution < -0.4 is 10.1 Å². The molecule has 1 aromatic rings. The fraction of sp³-hybridized carbons (Fsp3) is 0.500. The second kappa shape index (κ2) is 9.33. The predicted molar refractivity (Wildman–Crippen MR) is 74.2 cm³/mol. The lowest BCUT2D eigenvalue weighted by Crippen LogP contribution is -2.10. The van der Waals surface area contributed by atoms with Gasteiger partial charge < -0.3 is 9.47 Å². The van der Waals surface area contributed by atoms with Crippen molar-refractivity contribution in [3.63, 3.8) is 0 Å². The Balaban J connectivity index is 0.000000494. The highest BCUT2D eigenvalue weighted by atomic mass is 16.5. The fourth-order valence-electron chi connectivity index (χ4n) is 0.843. The van der Waals surface area contributed by atoms with Gasteiger partial charge in [-0.25, -0.2) is 4.79 Å². The number of nitrogens with one attached hydrogen (secondary N) is 1. The first-order chi connectivity index (χ1) is 8.53. The molecule has 1 N–H and O–H groups in total. The highest BCUT2D eigenvalue weighted by molar-refractivity contribution is 5.84. The maximum atomic E-state index is 10.8. The standard InChI is InChI=1S/C9H11NO3.C5H12/c1-12-8-5-3-7(4-6-8)10-9(11)13-2;1-4-5(2)3/h3-6H,1-2H3,(H,10,11);5H,4H2,1-3H3. The number of benzene rings is 1. The number of methoxy groups -OCH3 is 2. The first-order valence-electron chi connectivity index (χ1n) is 6.02. The van der Waals surface area contributed by atoms with Crippen LogP contribution in [-0.2, 0) is 4.74 Å². The number of rotatable bonds is 3. The van der Waals surface area contributed by atoms with E-state index >= 15 is 0 Å². The molecule has 4 heteroatoms. The highest BCUT2D eigenvalue weighted by Crippen LogP contribution is 2.14. The molecule has 1 rings (SSSR count). The molecule has 1 amide bonds. The van der Waals surface area contributed by atoms with E-state index in [1.807, 2.05) is 0 Å². The molecule has 102 valence electrons. The van der Waals surface area contributed by atoms with Crippen LogP contribution in [0.5, 0.6) is 5.75 Å². The summed E-state index contributed by atoms with van der Waals surface area (Å²) < 4.78 is 9.39. The first-order valence-corrected chi connectivity index (χ1v) is 6.02. The average Bonchev–Trinajstić information content (AvgIpc) is 2.40. The zero-order chi connectivity index (χ0) is 14.0. The molecular weight excluding hydrogens is 230 g/mol. The van der Waals surface area contributed by atoms with Gasteiger partial charge >= 0.3 is 6.09 Å². The van der Waals surface area contributed by atoms with E-state index in [1.165, 1.54) is 13.5 Å². The van der Waals surface area contributed by atoms with Crippen LogP contribution in [0.4, 0.5) is 10.5 Å². The molecule has 0 radical (unpaired) electrons. The van der Waals surface area contributed by atoms with Crippen molar-refractivity contribution in [1.29, 1.82) is 0 Å². The Morgan fingerprint density at radius 1 is 1.22 bits per heavy atom. The first kappa shape index (κ1) is 16.3. The van der Waals surface area contributed by atoms with Gasteiger partial charge in [0, 0.05) is 5.69 Å². The van der Waals surface area contributed by atoms with Crippen LogP contribution in [-0.4, -0.2) is 20.3 Å². The summed E-state index contributed by atoms with van der Waals surface area (Å²) in [5.74, 6) is 1.63. The maximum Gasteiger partial charge on any atom is 0.411 e. The summed E-state index contributed by atoms with van der Waals surface area (Å²) in [7, 11) is 2.90. The summed E-state index contributed by atoms with van der Waals surface area (Å²) in [4.78, 5) is 10.8. The van der Waals surface area contributed by atoms with Crippen molar-refractivity contribution in [2.75, 3.05) is 19.5 Å². The van der Waals surface area contributed by atoms with Crippen molar-refractivity contribution >= 4 is 11.8 Å². The Morgan fingerprint density at radius 3 is 2.06 bits per heavy atom. The Morgan fingerprint density at radius 2 is 1.72 bits per heavy atom. The van der Waals surface area contributed by atoms with Gasteiger partial charge in [-0.3, -0.25) is 5.32 Å². The van der Waals surface area contributed by atoms with Crippen LogP contribution in [0.25, 0.3) is 0 Å². The summed E-state index contributed by atoms with van der Waals surface area (Å²) in [6.07, 6.45) is 0.824. The summed E-state index contributed by atoms with van der Waals surface area (Å²) in [6, 6.07) is 6.97. The molecule has 0 aromatic heterocycles. The zero-order valence-corrected chi connectivity index (χ0v) is 11.8. The van der Waals surface area contributed by atoms with Crippen molar-refractivity contribution in [3.05, 3.63) is 24.3 Å². The smallest absolute Gasteiger partial charge is 0.411 e. The summed E-state index contributed by atoms with van der Waals surface area (Å²) in [5, 5.41) is 2.53. The third-order valence-corrected chi connectivity index (χ3v) is 2.34. The van der Waals surface area contributed by atoms with Crippen LogP contribution in [0.1, 0.15) is 27.2 Å². The Labute approximate surface area is 109 Å². The largest absolute Gasteiger partial charge is 0.497 e. The van der Waals surface area contributed by atoms with Gasteiger partial charge in [0.05, 0.1) is 14.2 Å². The third kappa shape index (κ3) is 7.54. The zero-order valence-electron chi connectivity index (χ0n) is 11.8. The lowest BCUT2D eigenvalue weighted by Gasteiger charge is -2.04. The van der Waals surface area contributed by atoms with Gasteiger partial charge in [-0.1, -0.05) is 27.2 Å². The predicted octanol–water partition coefficient (Wildman–Crippen LogP) is 3.93. The molecule has 0 unspecified atom stereocenters. The minimum Gasteiger partial charge on any atom is -0.497 e. The van der Waals surface area contributed by atoms with Gasteiger partial charge in [0.15, 0.2) is 0 Å². The van der Waals surface area contributed by atoms with E-state index in [0.717, 1.165) is 11.7 Å². The second-order valence-electron chi connectivity index (χ2n) is 4.15. The minimum absolute atomic E-state index is 0.481. The Hall–Kier alpha value is -1.71. The molecule has 0 bridgehead atoms. The molecule has 0 heterocycles. The average molecular weight is 253 g/mol. The molecule has 0 spiro atoms. The van der Waals surface area contributed by atoms with Crippen LogP contribution >= 0.6 is 0 Å². The summed E-state index contributed by atoms with van der Waals surface area (Å²) in [5.41, 5.74) is 0.674. The fourth-order valence-corrected chi connectivity index (χ4v) is 0.843. The normalized spacial score (nSPS) is 9.22. The number of anilines is 1. The van der Waals surface area contributed by atoms with Crippen molar-refractivity contribution in [2.45, 2.75) is 27.2 Å². The van der Waals surface area contributed by atoms with Gasteiger partial charge in [0.2, 0.25) is 0 Å². The Kier molecular flexibility index (Phi) is 8.45. The molecule has 0 saturated carbocycles. The maximum absolute atomic E-state index is 10.8.